The molecule has 2 heterocycles. The van der Waals surface area contributed by atoms with E-state index in [0.717, 1.165) is 26.7 Å². The van der Waals surface area contributed by atoms with Crippen LogP contribution in [0.5, 0.6) is 0 Å². The van der Waals surface area contributed by atoms with Gasteiger partial charge in [0.15, 0.2) is 0 Å². The van der Waals surface area contributed by atoms with Gasteiger partial charge < -0.3 is 9.55 Å². The van der Waals surface area contributed by atoms with E-state index in [-0.39, 0.29) is 29.1 Å². The highest BCUT2D eigenvalue weighted by Gasteiger charge is 2.49. The molecular weight excluding hydrogens is 381 g/mol. The predicted molar refractivity (Wildman–Crippen MR) is 135 cm³/mol. The van der Waals surface area contributed by atoms with E-state index in [1.807, 2.05) is 0 Å². The Morgan fingerprint density at radius 3 is 2.03 bits per heavy atom. The minimum atomic E-state index is -0.0289. The van der Waals surface area contributed by atoms with Crippen molar-refractivity contribution in [2.24, 2.45) is 5.41 Å². The van der Waals surface area contributed by atoms with Gasteiger partial charge in [0.2, 0.25) is 7.41 Å². The Balaban J connectivity index is 2.06. The molecule has 2 saturated heterocycles. The second-order valence-corrected chi connectivity index (χ2v) is 12.1. The van der Waals surface area contributed by atoms with Crippen LogP contribution in [0.3, 0.4) is 0 Å². The summed E-state index contributed by atoms with van der Waals surface area (Å²) in [6, 6.07) is -0.0289. The first kappa shape index (κ1) is 26.7. The molecule has 2 fully saturated rings. The molecule has 3 nitrogen and oxygen atoms in total. The third-order valence-corrected chi connectivity index (χ3v) is 7.77. The number of carbonyl (C=O) groups is 1. The van der Waals surface area contributed by atoms with E-state index in [1.54, 1.807) is 0 Å². The summed E-state index contributed by atoms with van der Waals surface area (Å²) in [6.45, 7) is 14.0. The van der Waals surface area contributed by atoms with E-state index in [1.165, 1.54) is 77.0 Å². The first-order valence-electron chi connectivity index (χ1n) is 13.7. The molecule has 2 bridgehead atoms. The molecule has 0 aromatic heterocycles. The molecule has 0 aromatic carbocycles. The smallest absolute Gasteiger partial charge is 0.322 e. The Hall–Kier alpha value is -0.505. The van der Waals surface area contributed by atoms with Crippen molar-refractivity contribution in [2.75, 3.05) is 0 Å². The van der Waals surface area contributed by atoms with Crippen LogP contribution in [0.25, 0.3) is 0 Å². The molecule has 2 unspecified atom stereocenters. The normalized spacial score (nSPS) is 25.3. The van der Waals surface area contributed by atoms with Crippen LogP contribution in [0, 0.1) is 5.41 Å². The third kappa shape index (κ3) is 8.74. The highest BCUT2D eigenvalue weighted by molar-refractivity contribution is 6.35. The van der Waals surface area contributed by atoms with Gasteiger partial charge in [0, 0.05) is 12.0 Å². The summed E-state index contributed by atoms with van der Waals surface area (Å²) in [7, 11) is 1.07. The molecule has 0 radical (unpaired) electrons. The second kappa shape index (κ2) is 12.7. The van der Waals surface area contributed by atoms with Crippen molar-refractivity contribution < 1.29 is 9.53 Å². The molecule has 0 aromatic rings. The Bertz CT molecular complexity index is 519. The molecule has 180 valence electrons. The SMILES string of the molecule is CCCCCCCC(BN1C2CC(CC(C)(C)CC1(C)C)OC2=O)CCCCCCC. The molecule has 4 heteroatoms. The van der Waals surface area contributed by atoms with Gasteiger partial charge in [0.05, 0.1) is 0 Å². The predicted octanol–water partition coefficient (Wildman–Crippen LogP) is 7.43. The Kier molecular flexibility index (Phi) is 10.9. The van der Waals surface area contributed by atoms with Crippen molar-refractivity contribution in [1.29, 1.82) is 0 Å². The van der Waals surface area contributed by atoms with Gasteiger partial charge in [-0.3, -0.25) is 4.79 Å². The van der Waals surface area contributed by atoms with Crippen molar-refractivity contribution in [3.8, 4) is 0 Å². The molecule has 0 spiro atoms. The van der Waals surface area contributed by atoms with Gasteiger partial charge in [-0.15, -0.1) is 0 Å². The lowest BCUT2D eigenvalue weighted by Crippen LogP contribution is -2.56. The van der Waals surface area contributed by atoms with Crippen molar-refractivity contribution in [2.45, 2.75) is 161 Å². The van der Waals surface area contributed by atoms with Crippen LogP contribution in [-0.2, 0) is 9.53 Å². The van der Waals surface area contributed by atoms with Crippen LogP contribution in [0.2, 0.25) is 5.82 Å². The molecule has 2 atom stereocenters. The van der Waals surface area contributed by atoms with E-state index in [2.05, 4.69) is 46.4 Å². The summed E-state index contributed by atoms with van der Waals surface area (Å²) in [5.74, 6) is 0.748. The molecule has 31 heavy (non-hydrogen) atoms. The number of hydrogen-bond donors (Lipinski definition) is 0. The summed E-state index contributed by atoms with van der Waals surface area (Å²) >= 11 is 0. The van der Waals surface area contributed by atoms with Crippen molar-refractivity contribution in [1.82, 2.24) is 4.81 Å². The van der Waals surface area contributed by atoms with E-state index >= 15 is 0 Å². The largest absolute Gasteiger partial charge is 0.461 e. The number of hydrogen-bond acceptors (Lipinski definition) is 3. The van der Waals surface area contributed by atoms with Gasteiger partial charge in [-0.05, 0) is 32.1 Å². The average Bonchev–Trinajstić information content (AvgIpc) is 3.02. The monoisotopic (exact) mass is 433 g/mol. The van der Waals surface area contributed by atoms with Crippen LogP contribution in [0.15, 0.2) is 0 Å². The maximum atomic E-state index is 12.9. The minimum absolute atomic E-state index is 0.0289. The summed E-state index contributed by atoms with van der Waals surface area (Å²) in [4.78, 5) is 15.4. The van der Waals surface area contributed by atoms with Gasteiger partial charge in [0.1, 0.15) is 12.1 Å². The number of fused-ring (bicyclic) bond motifs is 2. The number of unbranched alkanes of at least 4 members (excludes halogenated alkanes) is 8. The molecule has 0 aliphatic carbocycles. The minimum Gasteiger partial charge on any atom is -0.461 e. The zero-order valence-corrected chi connectivity index (χ0v) is 21.8. The van der Waals surface area contributed by atoms with Crippen LogP contribution in [-0.4, -0.2) is 35.9 Å². The third-order valence-electron chi connectivity index (χ3n) is 7.77. The topological polar surface area (TPSA) is 29.5 Å². The lowest BCUT2D eigenvalue weighted by molar-refractivity contribution is -0.144. The molecule has 0 amide bonds. The first-order chi connectivity index (χ1) is 14.7. The zero-order valence-electron chi connectivity index (χ0n) is 21.8. The standard InChI is InChI=1S/C27H52BNO2/c1-7-9-11-13-15-17-22(18-16-14-12-10-8-2)28-29-24-19-23(31-25(24)30)20-26(3,4)21-27(29,5)6/h22-24,28H,7-21H2,1-6H3. The Morgan fingerprint density at radius 1 is 0.935 bits per heavy atom. The lowest BCUT2D eigenvalue weighted by atomic mass is 9.62. The van der Waals surface area contributed by atoms with Gasteiger partial charge >= 0.3 is 5.97 Å². The maximum Gasteiger partial charge on any atom is 0.322 e. The highest BCUT2D eigenvalue weighted by atomic mass is 16.6. The number of esters is 1. The molecule has 0 saturated carbocycles. The molecular formula is C27H52BNO2. The summed E-state index contributed by atoms with van der Waals surface area (Å²) in [5.41, 5.74) is 0.239. The quantitative estimate of drug-likeness (QED) is 0.162. The van der Waals surface area contributed by atoms with E-state index in [9.17, 15) is 4.79 Å². The second-order valence-electron chi connectivity index (χ2n) is 12.1. The molecule has 2 rings (SSSR count). The summed E-state index contributed by atoms with van der Waals surface area (Å²) < 4.78 is 5.86. The molecule has 2 aliphatic heterocycles. The zero-order chi connectivity index (χ0) is 22.9. The van der Waals surface area contributed by atoms with Crippen LogP contribution >= 0.6 is 0 Å². The number of carbonyl (C=O) groups excluding carboxylic acids is 1. The van der Waals surface area contributed by atoms with Crippen LogP contribution < -0.4 is 0 Å². The van der Waals surface area contributed by atoms with Crippen LogP contribution in [0.4, 0.5) is 0 Å². The first-order valence-corrected chi connectivity index (χ1v) is 13.7. The summed E-state index contributed by atoms with van der Waals surface area (Å²) in [5, 5.41) is 0. The molecule has 2 aliphatic rings. The fraction of sp³-hybridized carbons (Fsp3) is 0.963. The summed E-state index contributed by atoms with van der Waals surface area (Å²) in [6.07, 6.45) is 19.3. The van der Waals surface area contributed by atoms with Crippen molar-refractivity contribution >= 4 is 13.4 Å². The van der Waals surface area contributed by atoms with Crippen molar-refractivity contribution in [3.63, 3.8) is 0 Å². The van der Waals surface area contributed by atoms with E-state index in [4.69, 9.17) is 4.74 Å². The van der Waals surface area contributed by atoms with E-state index < -0.39 is 0 Å². The van der Waals surface area contributed by atoms with Gasteiger partial charge in [-0.25, -0.2) is 0 Å². The van der Waals surface area contributed by atoms with Gasteiger partial charge in [0.25, 0.3) is 0 Å². The van der Waals surface area contributed by atoms with E-state index in [0.29, 0.717) is 5.82 Å². The van der Waals surface area contributed by atoms with Crippen LogP contribution in [0.1, 0.15) is 138 Å². The number of nitrogens with zero attached hydrogens (tertiary/aromatic N) is 1. The Labute approximate surface area is 194 Å². The molecule has 0 N–H and O–H groups in total. The fourth-order valence-corrected chi connectivity index (χ4v) is 6.45. The Morgan fingerprint density at radius 2 is 1.48 bits per heavy atom. The maximum absolute atomic E-state index is 12.9. The highest BCUT2D eigenvalue weighted by Crippen LogP contribution is 2.44. The van der Waals surface area contributed by atoms with Gasteiger partial charge in [-0.2, -0.15) is 0 Å². The number of ether oxygens (including phenoxy) is 1. The van der Waals surface area contributed by atoms with Crippen molar-refractivity contribution in [3.05, 3.63) is 0 Å². The van der Waals surface area contributed by atoms with Gasteiger partial charge in [-0.1, -0.05) is 111 Å². The lowest BCUT2D eigenvalue weighted by Gasteiger charge is -2.48. The number of rotatable bonds is 14. The fourth-order valence-electron chi connectivity index (χ4n) is 6.45. The average molecular weight is 434 g/mol.